The molecule has 0 amide bonds. The van der Waals surface area contributed by atoms with Gasteiger partial charge in [-0.25, -0.2) is 0 Å². The second kappa shape index (κ2) is 4.42. The molecule has 1 heterocycles. The van der Waals surface area contributed by atoms with Gasteiger partial charge in [0.15, 0.2) is 0 Å². The zero-order chi connectivity index (χ0) is 12.0. The Morgan fingerprint density at radius 3 is 2.41 bits per heavy atom. The molecule has 7 heteroatoms. The molecule has 0 bridgehead atoms. The molecule has 1 N–H and O–H groups in total. The molecule has 0 unspecified atom stereocenters. The van der Waals surface area contributed by atoms with E-state index >= 15 is 0 Å². The average Bonchev–Trinajstić information content (AvgIpc) is 2.15. The van der Waals surface area contributed by atoms with Gasteiger partial charge in [-0.2, -0.15) is 22.0 Å². The lowest BCUT2D eigenvalue weighted by Crippen LogP contribution is -2.38. The number of halogens is 6. The van der Waals surface area contributed by atoms with Crippen molar-refractivity contribution in [2.24, 2.45) is 0 Å². The van der Waals surface area contributed by atoms with E-state index in [0.29, 0.717) is 0 Å². The first-order valence-corrected chi connectivity index (χ1v) is 4.60. The third kappa shape index (κ3) is 2.52. The summed E-state index contributed by atoms with van der Waals surface area (Å²) in [7, 11) is 0. The van der Waals surface area contributed by atoms with Crippen molar-refractivity contribution in [1.82, 2.24) is 5.32 Å². The Bertz CT molecular complexity index is 401. The van der Waals surface area contributed by atoms with Crippen LogP contribution < -0.4 is 5.32 Å². The Morgan fingerprint density at radius 2 is 1.82 bits per heavy atom. The van der Waals surface area contributed by atoms with Crippen LogP contribution in [0.5, 0.6) is 0 Å². The van der Waals surface area contributed by atoms with Crippen LogP contribution in [-0.4, -0.2) is 6.54 Å². The molecule has 1 aromatic rings. The quantitative estimate of drug-likeness (QED) is 0.715. The van der Waals surface area contributed by atoms with Crippen LogP contribution in [0.25, 0.3) is 0 Å². The molecular formula is C10H9ClF5N. The van der Waals surface area contributed by atoms with Crippen molar-refractivity contribution in [1.29, 1.82) is 0 Å². The van der Waals surface area contributed by atoms with E-state index in [1.165, 1.54) is 0 Å². The molecule has 1 aliphatic heterocycles. The molecule has 1 nitrogen and oxygen atoms in total. The monoisotopic (exact) mass is 273 g/mol. The summed E-state index contributed by atoms with van der Waals surface area (Å²) < 4.78 is 64.3. The number of hydrogen-bond acceptors (Lipinski definition) is 1. The third-order valence-corrected chi connectivity index (χ3v) is 2.52. The lowest BCUT2D eigenvalue weighted by molar-refractivity contribution is -0.138. The highest BCUT2D eigenvalue weighted by atomic mass is 35.5. The standard InChI is InChI=1S/C10H8F5N.ClH/c11-9(12)5-16-4-6-7(9)2-1-3-8(6)10(13,14)15;/h1-3,16H,4-5H2;1H. The first-order valence-electron chi connectivity index (χ1n) is 4.60. The predicted molar refractivity (Wildman–Crippen MR) is 54.3 cm³/mol. The maximum absolute atomic E-state index is 13.3. The van der Waals surface area contributed by atoms with E-state index in [0.717, 1.165) is 18.2 Å². The number of alkyl halides is 5. The van der Waals surface area contributed by atoms with E-state index in [-0.39, 0.29) is 24.5 Å². The summed E-state index contributed by atoms with van der Waals surface area (Å²) in [5.74, 6) is -3.24. The van der Waals surface area contributed by atoms with Crippen LogP contribution in [0.15, 0.2) is 18.2 Å². The Kier molecular flexibility index (Phi) is 3.69. The Morgan fingerprint density at radius 1 is 1.18 bits per heavy atom. The summed E-state index contributed by atoms with van der Waals surface area (Å²) in [6.07, 6.45) is -4.60. The number of hydrogen-bond donors (Lipinski definition) is 1. The molecule has 0 radical (unpaired) electrons. The second-order valence-corrected chi connectivity index (χ2v) is 3.64. The molecule has 0 fully saturated rings. The fraction of sp³-hybridized carbons (Fsp3) is 0.400. The largest absolute Gasteiger partial charge is 0.416 e. The van der Waals surface area contributed by atoms with E-state index in [9.17, 15) is 22.0 Å². The number of nitrogens with one attached hydrogen (secondary N) is 1. The predicted octanol–water partition coefficient (Wildman–Crippen LogP) is 3.32. The van der Waals surface area contributed by atoms with Crippen LogP contribution in [-0.2, 0) is 18.6 Å². The van der Waals surface area contributed by atoms with E-state index in [1.54, 1.807) is 0 Å². The van der Waals surface area contributed by atoms with Gasteiger partial charge in [-0.05, 0) is 11.6 Å². The van der Waals surface area contributed by atoms with Crippen molar-refractivity contribution in [2.45, 2.75) is 18.6 Å². The molecule has 0 aromatic heterocycles. The minimum absolute atomic E-state index is 0. The topological polar surface area (TPSA) is 12.0 Å². The van der Waals surface area contributed by atoms with Crippen molar-refractivity contribution < 1.29 is 22.0 Å². The highest BCUT2D eigenvalue weighted by Crippen LogP contribution is 2.40. The second-order valence-electron chi connectivity index (χ2n) is 3.64. The molecule has 0 spiro atoms. The highest BCUT2D eigenvalue weighted by molar-refractivity contribution is 5.85. The summed E-state index contributed by atoms with van der Waals surface area (Å²) in [5, 5.41) is 2.29. The van der Waals surface area contributed by atoms with Crippen LogP contribution in [0.3, 0.4) is 0 Å². The summed E-state index contributed by atoms with van der Waals surface area (Å²) in [4.78, 5) is 0. The molecule has 1 aliphatic rings. The zero-order valence-electron chi connectivity index (χ0n) is 8.44. The molecular weight excluding hydrogens is 265 g/mol. The highest BCUT2D eigenvalue weighted by Gasteiger charge is 2.42. The SMILES string of the molecule is Cl.FC(F)(F)c1cccc2c1CNCC2(F)F. The van der Waals surface area contributed by atoms with Gasteiger partial charge in [0.05, 0.1) is 12.1 Å². The first-order chi connectivity index (χ1) is 7.32. The molecule has 0 aliphatic carbocycles. The van der Waals surface area contributed by atoms with Crippen LogP contribution in [0.2, 0.25) is 0 Å². The van der Waals surface area contributed by atoms with Gasteiger partial charge in [0.25, 0.3) is 5.92 Å². The molecule has 1 aromatic carbocycles. The summed E-state index contributed by atoms with van der Waals surface area (Å²) >= 11 is 0. The summed E-state index contributed by atoms with van der Waals surface area (Å²) in [5.41, 5.74) is -1.87. The first kappa shape index (κ1) is 14.2. The van der Waals surface area contributed by atoms with Gasteiger partial charge in [0.1, 0.15) is 0 Å². The van der Waals surface area contributed by atoms with Crippen LogP contribution >= 0.6 is 12.4 Å². The molecule has 96 valence electrons. The van der Waals surface area contributed by atoms with Gasteiger partial charge in [-0.1, -0.05) is 12.1 Å². The van der Waals surface area contributed by atoms with Crippen LogP contribution in [0.4, 0.5) is 22.0 Å². The maximum atomic E-state index is 13.3. The third-order valence-electron chi connectivity index (χ3n) is 2.52. The molecule has 0 saturated carbocycles. The summed E-state index contributed by atoms with van der Waals surface area (Å²) in [6.45, 7) is -0.804. The van der Waals surface area contributed by atoms with Gasteiger partial charge < -0.3 is 5.32 Å². The molecule has 0 saturated heterocycles. The Hall–Kier alpha value is -0.880. The van der Waals surface area contributed by atoms with Gasteiger partial charge in [0.2, 0.25) is 0 Å². The van der Waals surface area contributed by atoms with Crippen molar-refractivity contribution >= 4 is 12.4 Å². The normalized spacial score (nSPS) is 18.2. The van der Waals surface area contributed by atoms with Crippen LogP contribution in [0, 0.1) is 0 Å². The van der Waals surface area contributed by atoms with E-state index in [4.69, 9.17) is 0 Å². The number of fused-ring (bicyclic) bond motifs is 1. The lowest BCUT2D eigenvalue weighted by atomic mass is 9.93. The molecule has 2 rings (SSSR count). The van der Waals surface area contributed by atoms with Gasteiger partial charge >= 0.3 is 6.18 Å². The maximum Gasteiger partial charge on any atom is 0.416 e. The number of benzene rings is 1. The smallest absolute Gasteiger partial charge is 0.307 e. The van der Waals surface area contributed by atoms with Gasteiger partial charge in [-0.15, -0.1) is 12.4 Å². The Balaban J connectivity index is 0.00000144. The number of rotatable bonds is 0. The Labute approximate surface area is 100 Å². The fourth-order valence-corrected chi connectivity index (χ4v) is 1.83. The minimum atomic E-state index is -4.60. The van der Waals surface area contributed by atoms with Crippen molar-refractivity contribution in [3.05, 3.63) is 34.9 Å². The zero-order valence-corrected chi connectivity index (χ0v) is 9.26. The van der Waals surface area contributed by atoms with Crippen molar-refractivity contribution in [3.63, 3.8) is 0 Å². The van der Waals surface area contributed by atoms with Gasteiger partial charge in [0, 0.05) is 12.1 Å². The van der Waals surface area contributed by atoms with Gasteiger partial charge in [-0.3, -0.25) is 0 Å². The van der Waals surface area contributed by atoms with Crippen molar-refractivity contribution in [3.8, 4) is 0 Å². The van der Waals surface area contributed by atoms with E-state index in [2.05, 4.69) is 5.32 Å². The van der Waals surface area contributed by atoms with E-state index < -0.39 is 29.8 Å². The minimum Gasteiger partial charge on any atom is -0.307 e. The molecule has 17 heavy (non-hydrogen) atoms. The fourth-order valence-electron chi connectivity index (χ4n) is 1.83. The van der Waals surface area contributed by atoms with E-state index in [1.807, 2.05) is 0 Å². The average molecular weight is 274 g/mol. The van der Waals surface area contributed by atoms with Crippen molar-refractivity contribution in [2.75, 3.05) is 6.54 Å². The molecule has 0 atom stereocenters. The van der Waals surface area contributed by atoms with Crippen LogP contribution in [0.1, 0.15) is 16.7 Å². The lowest BCUT2D eigenvalue weighted by Gasteiger charge is -2.28. The summed E-state index contributed by atoms with van der Waals surface area (Å²) in [6, 6.07) is 2.88.